The number of ketones is 1. The van der Waals surface area contributed by atoms with Gasteiger partial charge in [0.15, 0.2) is 0 Å². The molecule has 0 unspecified atom stereocenters. The topological polar surface area (TPSA) is 89.5 Å². The van der Waals surface area contributed by atoms with Gasteiger partial charge >= 0.3 is 5.97 Å². The van der Waals surface area contributed by atoms with E-state index in [9.17, 15) is 9.59 Å². The average molecular weight is 775 g/mol. The Morgan fingerprint density at radius 1 is 0.771 bits per heavy atom. The van der Waals surface area contributed by atoms with E-state index in [-0.39, 0.29) is 55.2 Å². The number of esters is 1. The summed E-state index contributed by atoms with van der Waals surface area (Å²) in [4.78, 5) is 27.1. The van der Waals surface area contributed by atoms with Gasteiger partial charge in [-0.2, -0.15) is 0 Å². The smallest absolute Gasteiger partial charge is 0.309 e. The second kappa shape index (κ2) is 20.1. The quantitative estimate of drug-likeness (QED) is 0.143. The number of ether oxygens (including phenoxy) is 6. The van der Waals surface area contributed by atoms with E-state index in [0.717, 1.165) is 48.3 Å². The van der Waals surface area contributed by atoms with E-state index in [1.54, 1.807) is 14.2 Å². The van der Waals surface area contributed by atoms with Crippen molar-refractivity contribution >= 4 is 34.3 Å². The Bertz CT molecular complexity index is 1320. The lowest BCUT2D eigenvalue weighted by molar-refractivity contribution is -0.152. The van der Waals surface area contributed by atoms with Gasteiger partial charge in [-0.05, 0) is 77.2 Å². The number of methoxy groups -OCH3 is 2. The van der Waals surface area contributed by atoms with Gasteiger partial charge in [-0.1, -0.05) is 72.9 Å². The molecule has 262 valence electrons. The first-order chi connectivity index (χ1) is 23.2. The number of fused-ring (bicyclic) bond motifs is 2. The van der Waals surface area contributed by atoms with E-state index in [1.807, 2.05) is 58.7 Å². The molecule has 0 N–H and O–H groups in total. The number of Topliss-reactive ketones (excluding diaryl/α,β-unsaturated/α-hetero) is 1. The fourth-order valence-corrected chi connectivity index (χ4v) is 6.64. The van der Waals surface area contributed by atoms with Crippen LogP contribution in [-0.2, 0) is 41.8 Å². The van der Waals surface area contributed by atoms with Crippen LogP contribution in [0.4, 0.5) is 0 Å². The van der Waals surface area contributed by atoms with Gasteiger partial charge in [-0.15, -0.1) is 0 Å². The number of carbonyl (C=O) groups is 2. The summed E-state index contributed by atoms with van der Waals surface area (Å²) in [5, 5.41) is 0. The van der Waals surface area contributed by atoms with Crippen molar-refractivity contribution in [2.75, 3.05) is 14.2 Å². The zero-order valence-corrected chi connectivity index (χ0v) is 30.8. The molecule has 9 heteroatoms. The Morgan fingerprint density at radius 3 is 1.94 bits per heavy atom. The first-order valence-corrected chi connectivity index (χ1v) is 18.3. The molecule has 2 heterocycles. The molecule has 2 aromatic rings. The Kier molecular flexibility index (Phi) is 15.9. The summed E-state index contributed by atoms with van der Waals surface area (Å²) in [6, 6.07) is 15.3. The van der Waals surface area contributed by atoms with Crippen molar-refractivity contribution in [3.05, 3.63) is 82.0 Å². The zero-order chi connectivity index (χ0) is 34.3. The third-order valence-electron chi connectivity index (χ3n) is 8.98. The van der Waals surface area contributed by atoms with Crippen LogP contribution in [0.25, 0.3) is 0 Å². The van der Waals surface area contributed by atoms with E-state index >= 15 is 0 Å². The van der Waals surface area contributed by atoms with E-state index < -0.39 is 18.3 Å². The minimum absolute atomic E-state index is 0.0156. The van der Waals surface area contributed by atoms with Crippen molar-refractivity contribution in [2.24, 2.45) is 11.8 Å². The molecule has 0 saturated carbocycles. The average Bonchev–Trinajstić information content (AvgIpc) is 3.08. The molecule has 2 aliphatic rings. The molecule has 1 fully saturated rings. The van der Waals surface area contributed by atoms with Crippen LogP contribution < -0.4 is 9.47 Å². The minimum atomic E-state index is -0.544. The van der Waals surface area contributed by atoms with E-state index in [1.165, 1.54) is 0 Å². The molecule has 8 nitrogen and oxygen atoms in total. The number of allylic oxidation sites excluding steroid dienone is 1. The van der Waals surface area contributed by atoms with Crippen molar-refractivity contribution < 1.29 is 38.0 Å². The normalized spacial score (nSPS) is 28.6. The first kappa shape index (κ1) is 38.1. The summed E-state index contributed by atoms with van der Waals surface area (Å²) in [5.41, 5.74) is 1.90. The molecular formula is C39H51IO8. The minimum Gasteiger partial charge on any atom is -0.497 e. The summed E-state index contributed by atoms with van der Waals surface area (Å²) in [7, 11) is 3.26. The molecule has 0 spiro atoms. The molecule has 7 atom stereocenters. The van der Waals surface area contributed by atoms with Crippen LogP contribution in [0, 0.1) is 11.8 Å². The molecular weight excluding hydrogens is 723 g/mol. The Labute approximate surface area is 299 Å². The molecule has 2 aromatic carbocycles. The number of rotatable bonds is 9. The molecule has 0 aliphatic carbocycles. The van der Waals surface area contributed by atoms with Crippen LogP contribution in [0.5, 0.6) is 11.5 Å². The summed E-state index contributed by atoms with van der Waals surface area (Å²) in [5.74, 6) is 1.52. The Morgan fingerprint density at radius 2 is 1.35 bits per heavy atom. The van der Waals surface area contributed by atoms with Gasteiger partial charge in [0.2, 0.25) is 0 Å². The highest BCUT2D eigenvalue weighted by Crippen LogP contribution is 2.28. The molecule has 48 heavy (non-hydrogen) atoms. The predicted molar refractivity (Wildman–Crippen MR) is 194 cm³/mol. The van der Waals surface area contributed by atoms with E-state index in [0.29, 0.717) is 19.4 Å². The molecule has 2 bridgehead atoms. The number of carbonyl (C=O) groups excluding carboxylic acids is 2. The number of hydrogen-bond donors (Lipinski definition) is 0. The fourth-order valence-electron chi connectivity index (χ4n) is 6.23. The van der Waals surface area contributed by atoms with Gasteiger partial charge in [0.1, 0.15) is 23.4 Å². The molecule has 1 saturated heterocycles. The van der Waals surface area contributed by atoms with Gasteiger partial charge in [-0.3, -0.25) is 9.59 Å². The number of hydrogen-bond acceptors (Lipinski definition) is 8. The molecule has 2 aliphatic heterocycles. The highest BCUT2D eigenvalue weighted by atomic mass is 127. The number of cyclic esters (lactones) is 1. The third kappa shape index (κ3) is 12.9. The van der Waals surface area contributed by atoms with Crippen LogP contribution in [-0.4, -0.2) is 56.5 Å². The van der Waals surface area contributed by atoms with Crippen molar-refractivity contribution in [1.82, 2.24) is 0 Å². The fraction of sp³-hybridized carbons (Fsp3) is 0.538. The highest BCUT2D eigenvalue weighted by molar-refractivity contribution is 14.1. The van der Waals surface area contributed by atoms with Gasteiger partial charge in [0.25, 0.3) is 0 Å². The van der Waals surface area contributed by atoms with Gasteiger partial charge < -0.3 is 28.4 Å². The van der Waals surface area contributed by atoms with Gasteiger partial charge in [0, 0.05) is 25.2 Å². The summed E-state index contributed by atoms with van der Waals surface area (Å²) < 4.78 is 37.8. The third-order valence-corrected chi connectivity index (χ3v) is 9.40. The van der Waals surface area contributed by atoms with Crippen LogP contribution in [0.15, 0.2) is 70.8 Å². The Hall–Kier alpha value is -2.73. The van der Waals surface area contributed by atoms with Crippen molar-refractivity contribution in [3.8, 4) is 11.5 Å². The summed E-state index contributed by atoms with van der Waals surface area (Å²) in [6.07, 6.45) is 9.57. The molecule has 4 rings (SSSR count). The number of halogens is 1. The van der Waals surface area contributed by atoms with Crippen molar-refractivity contribution in [3.63, 3.8) is 0 Å². The lowest BCUT2D eigenvalue weighted by Gasteiger charge is -2.31. The van der Waals surface area contributed by atoms with Crippen LogP contribution >= 0.6 is 22.6 Å². The van der Waals surface area contributed by atoms with Gasteiger partial charge in [0.05, 0.1) is 58.3 Å². The van der Waals surface area contributed by atoms with Crippen molar-refractivity contribution in [1.29, 1.82) is 0 Å². The maximum absolute atomic E-state index is 13.6. The molecule has 0 radical (unpaired) electrons. The zero-order valence-electron chi connectivity index (χ0n) is 28.7. The lowest BCUT2D eigenvalue weighted by Crippen LogP contribution is -2.33. The lowest BCUT2D eigenvalue weighted by atomic mass is 9.92. The second-order valence-corrected chi connectivity index (χ2v) is 13.7. The second-order valence-electron chi connectivity index (χ2n) is 13.0. The van der Waals surface area contributed by atoms with E-state index in [2.05, 4.69) is 48.6 Å². The van der Waals surface area contributed by atoms with E-state index in [4.69, 9.17) is 28.4 Å². The maximum Gasteiger partial charge on any atom is 0.309 e. The van der Waals surface area contributed by atoms with Crippen molar-refractivity contribution in [2.45, 2.75) is 109 Å². The predicted octanol–water partition coefficient (Wildman–Crippen LogP) is 8.33. The summed E-state index contributed by atoms with van der Waals surface area (Å²) >= 11 is 2.16. The Balaban J connectivity index is 1.58. The monoisotopic (exact) mass is 774 g/mol. The maximum atomic E-state index is 13.6. The van der Waals surface area contributed by atoms with Crippen LogP contribution in [0.1, 0.15) is 76.3 Å². The largest absolute Gasteiger partial charge is 0.497 e. The standard InChI is InChI=1S/C39H51IO8/c1-27-8-9-28(2)38(18-19-40)48-39(42)24-37(46-26-30-12-16-33(44-4)17-13-30)23-36(45-25-29-10-14-32(43-3)15-11-29)22-31(41)21-35-7-5-6-34(20-27)47-35/h8-19,27-28,34-38H,5-7,20-26H2,1-4H3/b9-8+,19-18+/t27-,28-,34+,35-,36+,37-,38-/m0/s1. The number of benzene rings is 2. The molecule has 0 aromatic heterocycles. The first-order valence-electron chi connectivity index (χ1n) is 17.1. The van der Waals surface area contributed by atoms with Crippen LogP contribution in [0.2, 0.25) is 0 Å². The van der Waals surface area contributed by atoms with Crippen LogP contribution in [0.3, 0.4) is 0 Å². The summed E-state index contributed by atoms with van der Waals surface area (Å²) in [6.45, 7) is 4.84. The van der Waals surface area contributed by atoms with Gasteiger partial charge in [-0.25, -0.2) is 0 Å². The molecule has 0 amide bonds. The SMILES string of the molecule is COc1ccc(CO[C@@H]2CC(=O)C[C@@H]3CCC[C@H](C[C@@H](C)/C=C/[C@H](C)[C@H](/C=C/I)OC(=O)C[C@@H](OCc4ccc(OC)cc4)C2)O3)cc1. The highest BCUT2D eigenvalue weighted by Gasteiger charge is 2.29.